The highest BCUT2D eigenvalue weighted by atomic mass is 16.1. The van der Waals surface area contributed by atoms with E-state index >= 15 is 0 Å². The molecule has 1 rings (SSSR count). The summed E-state index contributed by atoms with van der Waals surface area (Å²) in [5.41, 5.74) is 5.02. The lowest BCUT2D eigenvalue weighted by atomic mass is 10.1. The zero-order valence-corrected chi connectivity index (χ0v) is 8.74. The normalized spacial score (nSPS) is 10.3. The zero-order chi connectivity index (χ0) is 11.3. The van der Waals surface area contributed by atoms with Gasteiger partial charge in [-0.3, -0.25) is 10.2 Å². The van der Waals surface area contributed by atoms with Gasteiger partial charge in [0.25, 0.3) is 0 Å². The van der Waals surface area contributed by atoms with Gasteiger partial charge in [0.15, 0.2) is 5.78 Å². The van der Waals surface area contributed by atoms with E-state index in [9.17, 15) is 4.79 Å². The number of ketones is 1. The maximum absolute atomic E-state index is 11.3. The number of benzene rings is 1. The van der Waals surface area contributed by atoms with Crippen molar-refractivity contribution in [1.82, 2.24) is 0 Å². The van der Waals surface area contributed by atoms with Gasteiger partial charge in [-0.2, -0.15) is 5.10 Å². The number of hydrogen-bond donors (Lipinski definition) is 2. The van der Waals surface area contributed by atoms with Crippen LogP contribution in [0.3, 0.4) is 0 Å². The lowest BCUT2D eigenvalue weighted by Gasteiger charge is -2.06. The largest absolute Gasteiger partial charge is 0.307 e. The Kier molecular flexibility index (Phi) is 3.74. The van der Waals surface area contributed by atoms with Gasteiger partial charge in [0, 0.05) is 11.8 Å². The molecule has 0 spiro atoms. The molecule has 4 heteroatoms. The van der Waals surface area contributed by atoms with Crippen LogP contribution in [-0.2, 0) is 0 Å². The van der Waals surface area contributed by atoms with Gasteiger partial charge >= 0.3 is 0 Å². The Hall–Kier alpha value is -1.97. The van der Waals surface area contributed by atoms with E-state index in [1.807, 2.05) is 19.1 Å². The van der Waals surface area contributed by atoms with Crippen LogP contribution in [0.4, 0.5) is 5.69 Å². The average molecular weight is 203 g/mol. The number of nitrogens with zero attached hydrogens (tertiary/aromatic N) is 1. The molecule has 0 radical (unpaired) electrons. The van der Waals surface area contributed by atoms with Gasteiger partial charge in [0.1, 0.15) is 0 Å². The van der Waals surface area contributed by atoms with Crippen molar-refractivity contribution in [1.29, 1.82) is 5.41 Å². The van der Waals surface area contributed by atoms with Crippen LogP contribution in [0, 0.1) is 12.3 Å². The second-order valence-electron chi connectivity index (χ2n) is 3.16. The van der Waals surface area contributed by atoms with Gasteiger partial charge < -0.3 is 5.41 Å². The predicted octanol–water partition coefficient (Wildman–Crippen LogP) is 2.24. The summed E-state index contributed by atoms with van der Waals surface area (Å²) < 4.78 is 0. The maximum Gasteiger partial charge on any atom is 0.161 e. The minimum absolute atomic E-state index is 0.00810. The third-order valence-electron chi connectivity index (χ3n) is 1.89. The summed E-state index contributed by atoms with van der Waals surface area (Å²) in [4.78, 5) is 11.3. The van der Waals surface area contributed by atoms with E-state index < -0.39 is 0 Å². The van der Waals surface area contributed by atoms with E-state index in [-0.39, 0.29) is 5.78 Å². The van der Waals surface area contributed by atoms with Crippen LogP contribution in [0.1, 0.15) is 22.8 Å². The van der Waals surface area contributed by atoms with Gasteiger partial charge in [0.05, 0.1) is 11.9 Å². The first-order valence-electron chi connectivity index (χ1n) is 4.55. The van der Waals surface area contributed by atoms with Crippen molar-refractivity contribution in [2.75, 3.05) is 5.43 Å². The number of hydrogen-bond acceptors (Lipinski definition) is 4. The molecule has 1 aromatic rings. The summed E-state index contributed by atoms with van der Waals surface area (Å²) in [5.74, 6) is -0.00810. The molecule has 0 aliphatic heterocycles. The molecule has 1 aromatic carbocycles. The van der Waals surface area contributed by atoms with Gasteiger partial charge in [0.2, 0.25) is 0 Å². The van der Waals surface area contributed by atoms with Crippen LogP contribution < -0.4 is 5.43 Å². The molecule has 0 saturated carbocycles. The highest BCUT2D eigenvalue weighted by Gasteiger charge is 2.06. The second kappa shape index (κ2) is 5.05. The minimum Gasteiger partial charge on any atom is -0.307 e. The Bertz CT molecular complexity index is 410. The van der Waals surface area contributed by atoms with Crippen molar-refractivity contribution in [3.05, 3.63) is 29.3 Å². The molecule has 0 bridgehead atoms. The Morgan fingerprint density at radius 1 is 1.53 bits per heavy atom. The lowest BCUT2D eigenvalue weighted by molar-refractivity contribution is 0.101. The van der Waals surface area contributed by atoms with Crippen molar-refractivity contribution in [3.63, 3.8) is 0 Å². The highest BCUT2D eigenvalue weighted by molar-refractivity contribution is 6.14. The molecular weight excluding hydrogens is 190 g/mol. The maximum atomic E-state index is 11.3. The first-order valence-corrected chi connectivity index (χ1v) is 4.55. The van der Waals surface area contributed by atoms with Crippen LogP contribution in [0.5, 0.6) is 0 Å². The quantitative estimate of drug-likeness (QED) is 0.447. The number of carbonyl (C=O) groups excluding carboxylic acids is 1. The van der Waals surface area contributed by atoms with E-state index in [4.69, 9.17) is 5.41 Å². The fourth-order valence-electron chi connectivity index (χ4n) is 1.19. The molecule has 78 valence electrons. The fraction of sp³-hybridized carbons (Fsp3) is 0.182. The van der Waals surface area contributed by atoms with E-state index in [0.29, 0.717) is 11.3 Å². The predicted molar refractivity (Wildman–Crippen MR) is 62.1 cm³/mol. The Morgan fingerprint density at radius 2 is 2.27 bits per heavy atom. The number of aryl methyl sites for hydroxylation is 1. The molecule has 2 N–H and O–H groups in total. The van der Waals surface area contributed by atoms with Crippen molar-refractivity contribution < 1.29 is 4.79 Å². The summed E-state index contributed by atoms with van der Waals surface area (Å²) in [5, 5.41) is 10.5. The lowest BCUT2D eigenvalue weighted by Crippen LogP contribution is -2.00. The van der Waals surface area contributed by atoms with Crippen molar-refractivity contribution in [2.24, 2.45) is 5.10 Å². The van der Waals surface area contributed by atoms with Crippen molar-refractivity contribution in [3.8, 4) is 0 Å². The van der Waals surface area contributed by atoms with E-state index in [0.717, 1.165) is 11.8 Å². The number of anilines is 1. The Labute approximate surface area is 88.5 Å². The van der Waals surface area contributed by atoms with Crippen LogP contribution in [0.25, 0.3) is 0 Å². The van der Waals surface area contributed by atoms with Crippen LogP contribution in [-0.4, -0.2) is 18.2 Å². The molecule has 0 fully saturated rings. The first kappa shape index (κ1) is 11.1. The smallest absolute Gasteiger partial charge is 0.161 e. The molecule has 0 saturated heterocycles. The first-order chi connectivity index (χ1) is 7.15. The highest BCUT2D eigenvalue weighted by Crippen LogP contribution is 2.17. The number of Topliss-reactive ketones (excluding diaryl/α,β-unsaturated/α-hetero) is 1. The molecule has 0 aliphatic carbocycles. The fourth-order valence-corrected chi connectivity index (χ4v) is 1.19. The molecule has 0 amide bonds. The third-order valence-corrected chi connectivity index (χ3v) is 1.89. The van der Waals surface area contributed by atoms with Gasteiger partial charge in [-0.05, 0) is 26.0 Å². The summed E-state index contributed by atoms with van der Waals surface area (Å²) in [6.45, 7) is 3.44. The third kappa shape index (κ3) is 3.02. The van der Waals surface area contributed by atoms with Crippen molar-refractivity contribution in [2.45, 2.75) is 13.8 Å². The van der Waals surface area contributed by atoms with Crippen LogP contribution in [0.2, 0.25) is 0 Å². The molecule has 0 heterocycles. The van der Waals surface area contributed by atoms with Crippen LogP contribution in [0.15, 0.2) is 23.3 Å². The molecule has 0 unspecified atom stereocenters. The summed E-state index contributed by atoms with van der Waals surface area (Å²) in [6, 6.07) is 5.51. The summed E-state index contributed by atoms with van der Waals surface area (Å²) >= 11 is 0. The standard InChI is InChI=1S/C11H13N3O/c1-8-3-4-11(14-13-6-5-12)10(7-8)9(2)15/h3-7,12,14H,1-2H3/b12-5?,13-6-. The summed E-state index contributed by atoms with van der Waals surface area (Å²) in [6.07, 6.45) is 2.37. The molecular formula is C11H13N3O. The summed E-state index contributed by atoms with van der Waals surface area (Å²) in [7, 11) is 0. The van der Waals surface area contributed by atoms with Gasteiger partial charge in [-0.15, -0.1) is 0 Å². The van der Waals surface area contributed by atoms with Crippen LogP contribution >= 0.6 is 0 Å². The van der Waals surface area contributed by atoms with E-state index in [1.54, 1.807) is 6.07 Å². The number of nitrogens with one attached hydrogen (secondary N) is 2. The number of rotatable bonds is 4. The topological polar surface area (TPSA) is 65.3 Å². The Morgan fingerprint density at radius 3 is 2.87 bits per heavy atom. The molecule has 0 atom stereocenters. The minimum atomic E-state index is -0.00810. The second-order valence-corrected chi connectivity index (χ2v) is 3.16. The van der Waals surface area contributed by atoms with Gasteiger partial charge in [-0.1, -0.05) is 11.6 Å². The molecule has 0 aromatic heterocycles. The van der Waals surface area contributed by atoms with E-state index in [2.05, 4.69) is 10.5 Å². The molecule has 4 nitrogen and oxygen atoms in total. The Balaban J connectivity index is 3.00. The SMILES string of the molecule is CC(=O)c1cc(C)ccc1N/N=C\C=N. The molecule has 15 heavy (non-hydrogen) atoms. The van der Waals surface area contributed by atoms with Crippen molar-refractivity contribution >= 4 is 23.9 Å². The monoisotopic (exact) mass is 203 g/mol. The molecule has 0 aliphatic rings. The van der Waals surface area contributed by atoms with E-state index in [1.165, 1.54) is 13.1 Å². The number of carbonyl (C=O) groups is 1. The van der Waals surface area contributed by atoms with Gasteiger partial charge in [-0.25, -0.2) is 0 Å². The zero-order valence-electron chi connectivity index (χ0n) is 8.74. The average Bonchev–Trinajstić information content (AvgIpc) is 2.20. The number of hydrazone groups is 1.